The van der Waals surface area contributed by atoms with Crippen LogP contribution in [0, 0.1) is 24.0 Å². The number of hydrogen-bond donors (Lipinski definition) is 2. The van der Waals surface area contributed by atoms with Gasteiger partial charge in [0, 0.05) is 28.8 Å². The minimum absolute atomic E-state index is 0.000459. The molecule has 7 heteroatoms. The fourth-order valence-corrected chi connectivity index (χ4v) is 3.56. The van der Waals surface area contributed by atoms with Gasteiger partial charge < -0.3 is 5.11 Å². The summed E-state index contributed by atoms with van der Waals surface area (Å²) in [6.45, 7) is 3.81. The number of para-hydroxylation sites is 1. The Labute approximate surface area is 173 Å². The zero-order chi connectivity index (χ0) is 21.3. The first kappa shape index (κ1) is 19.3. The lowest BCUT2D eigenvalue weighted by Gasteiger charge is -2.18. The van der Waals surface area contributed by atoms with Crippen LogP contribution in [0.3, 0.4) is 0 Å². The average molecular weight is 401 g/mol. The fraction of sp³-hybridized carbons (Fsp3) is 0.130. The van der Waals surface area contributed by atoms with Crippen molar-refractivity contribution in [2.75, 3.05) is 5.32 Å². The maximum atomic E-state index is 11.7. The third-order valence-corrected chi connectivity index (χ3v) is 5.02. The summed E-state index contributed by atoms with van der Waals surface area (Å²) in [4.78, 5) is 18.9. The van der Waals surface area contributed by atoms with E-state index in [9.17, 15) is 15.2 Å². The second kappa shape index (κ2) is 7.79. The molecule has 150 valence electrons. The molecule has 0 radical (unpaired) electrons. The highest BCUT2D eigenvalue weighted by atomic mass is 16.6. The molecule has 0 saturated carbocycles. The number of aromatic amines is 1. The van der Waals surface area contributed by atoms with E-state index in [2.05, 4.69) is 15.3 Å². The van der Waals surface area contributed by atoms with Gasteiger partial charge in [-0.15, -0.1) is 0 Å². The molecule has 0 fully saturated rings. The van der Waals surface area contributed by atoms with Crippen molar-refractivity contribution >= 4 is 22.4 Å². The Kier molecular flexibility index (Phi) is 5.02. The standard InChI is InChI=1S/C23H20N4O3/c1-14-11-12-24-20(13-14)26-22(17-5-3-4-6-19(17)27(29)30)18-10-9-16-8-7-15(2)25-21(16)23(18)28/h3-13,22,28H,1-2H3,(H,24,26)/p+1/t22-/m0/s1. The van der Waals surface area contributed by atoms with Crippen molar-refractivity contribution in [2.45, 2.75) is 19.9 Å². The van der Waals surface area contributed by atoms with Crippen molar-refractivity contribution in [1.29, 1.82) is 0 Å². The molecule has 2 aromatic heterocycles. The summed E-state index contributed by atoms with van der Waals surface area (Å²) >= 11 is 0. The highest BCUT2D eigenvalue weighted by molar-refractivity contribution is 5.86. The lowest BCUT2D eigenvalue weighted by atomic mass is 9.95. The minimum Gasteiger partial charge on any atom is -0.505 e. The van der Waals surface area contributed by atoms with E-state index >= 15 is 0 Å². The van der Waals surface area contributed by atoms with Gasteiger partial charge in [-0.25, -0.2) is 9.97 Å². The Morgan fingerprint density at radius 1 is 1.07 bits per heavy atom. The Bertz CT molecular complexity index is 1260. The molecule has 0 aliphatic rings. The fourth-order valence-electron chi connectivity index (χ4n) is 3.56. The van der Waals surface area contributed by atoms with Gasteiger partial charge in [0.15, 0.2) is 6.04 Å². The number of hydrogen-bond acceptors (Lipinski definition) is 5. The summed E-state index contributed by atoms with van der Waals surface area (Å²) in [5.41, 5.74) is 3.18. The molecule has 0 amide bonds. The van der Waals surface area contributed by atoms with Gasteiger partial charge in [-0.3, -0.25) is 15.4 Å². The molecule has 0 unspecified atom stereocenters. The minimum atomic E-state index is -0.670. The van der Waals surface area contributed by atoms with Crippen LogP contribution in [0.2, 0.25) is 0 Å². The molecule has 3 N–H and O–H groups in total. The van der Waals surface area contributed by atoms with E-state index in [4.69, 9.17) is 0 Å². The Hall–Kier alpha value is -4.00. The predicted octanol–water partition coefficient (Wildman–Crippen LogP) is 4.48. The van der Waals surface area contributed by atoms with Crippen LogP contribution in [0.4, 0.5) is 11.5 Å². The van der Waals surface area contributed by atoms with Crippen molar-refractivity contribution in [3.8, 4) is 5.75 Å². The molecule has 7 nitrogen and oxygen atoms in total. The molecule has 2 aromatic carbocycles. The summed E-state index contributed by atoms with van der Waals surface area (Å²) in [6, 6.07) is 17.1. The van der Waals surface area contributed by atoms with E-state index in [0.717, 1.165) is 16.6 Å². The molecule has 0 aliphatic carbocycles. The van der Waals surface area contributed by atoms with E-state index < -0.39 is 11.0 Å². The number of pyridine rings is 2. The highest BCUT2D eigenvalue weighted by Crippen LogP contribution is 2.39. The summed E-state index contributed by atoms with van der Waals surface area (Å²) < 4.78 is 0. The van der Waals surface area contributed by atoms with Gasteiger partial charge in [0.25, 0.3) is 11.5 Å². The van der Waals surface area contributed by atoms with Gasteiger partial charge in [0.2, 0.25) is 0 Å². The van der Waals surface area contributed by atoms with Gasteiger partial charge in [-0.1, -0.05) is 24.3 Å². The van der Waals surface area contributed by atoms with E-state index in [0.29, 0.717) is 22.5 Å². The molecule has 0 aliphatic heterocycles. The van der Waals surface area contributed by atoms with Crippen molar-refractivity contribution in [3.63, 3.8) is 0 Å². The van der Waals surface area contributed by atoms with Gasteiger partial charge in [-0.05, 0) is 43.7 Å². The van der Waals surface area contributed by atoms with E-state index in [1.165, 1.54) is 6.07 Å². The number of rotatable bonds is 5. The van der Waals surface area contributed by atoms with Crippen LogP contribution < -0.4 is 10.3 Å². The van der Waals surface area contributed by atoms with Crippen LogP contribution in [-0.4, -0.2) is 15.0 Å². The Morgan fingerprint density at radius 3 is 2.60 bits per heavy atom. The zero-order valence-electron chi connectivity index (χ0n) is 16.6. The number of nitro benzene ring substituents is 1. The number of H-pyrrole nitrogens is 1. The molecule has 0 spiro atoms. The van der Waals surface area contributed by atoms with Gasteiger partial charge in [-0.2, -0.15) is 0 Å². The summed E-state index contributed by atoms with van der Waals surface area (Å²) in [6.07, 6.45) is 1.79. The number of nitro groups is 1. The molecule has 2 heterocycles. The number of phenolic OH excluding ortho intramolecular Hbond substituents is 1. The van der Waals surface area contributed by atoms with Crippen LogP contribution in [-0.2, 0) is 0 Å². The number of benzene rings is 2. The van der Waals surface area contributed by atoms with Crippen molar-refractivity contribution in [3.05, 3.63) is 99.4 Å². The monoisotopic (exact) mass is 401 g/mol. The van der Waals surface area contributed by atoms with Gasteiger partial charge in [0.1, 0.15) is 11.3 Å². The number of aromatic nitrogens is 2. The predicted molar refractivity (Wildman–Crippen MR) is 114 cm³/mol. The van der Waals surface area contributed by atoms with Crippen molar-refractivity contribution in [2.24, 2.45) is 0 Å². The Morgan fingerprint density at radius 2 is 1.83 bits per heavy atom. The van der Waals surface area contributed by atoms with Gasteiger partial charge >= 0.3 is 0 Å². The maximum Gasteiger partial charge on any atom is 0.277 e. The number of aryl methyl sites for hydroxylation is 2. The molecule has 4 rings (SSSR count). The lowest BCUT2D eigenvalue weighted by molar-refractivity contribution is -0.385. The first-order valence-electron chi connectivity index (χ1n) is 9.51. The first-order chi connectivity index (χ1) is 14.4. The molecular weight excluding hydrogens is 380 g/mol. The number of phenols is 1. The van der Waals surface area contributed by atoms with Crippen LogP contribution in [0.25, 0.3) is 10.9 Å². The highest BCUT2D eigenvalue weighted by Gasteiger charge is 2.30. The molecule has 0 saturated heterocycles. The van der Waals surface area contributed by atoms with Crippen molar-refractivity contribution in [1.82, 2.24) is 4.98 Å². The van der Waals surface area contributed by atoms with E-state index in [-0.39, 0.29) is 11.4 Å². The second-order valence-corrected chi connectivity index (χ2v) is 7.20. The number of aromatic hydroxyl groups is 1. The van der Waals surface area contributed by atoms with E-state index in [1.807, 2.05) is 44.2 Å². The summed E-state index contributed by atoms with van der Waals surface area (Å²) in [5.74, 6) is 0.675. The van der Waals surface area contributed by atoms with Crippen LogP contribution in [0.1, 0.15) is 28.4 Å². The zero-order valence-corrected chi connectivity index (χ0v) is 16.6. The molecule has 4 aromatic rings. The lowest BCUT2D eigenvalue weighted by Crippen LogP contribution is -2.20. The number of nitrogens with one attached hydrogen (secondary N) is 2. The topological polar surface area (TPSA) is 102 Å². The SMILES string of the molecule is Cc1cc[nH+]c(N[C@@H](c2ccccc2[N+](=O)[O-])c2ccc3ccc(C)nc3c2O)c1. The largest absolute Gasteiger partial charge is 0.505 e. The summed E-state index contributed by atoms with van der Waals surface area (Å²) in [7, 11) is 0. The van der Waals surface area contributed by atoms with Crippen LogP contribution >= 0.6 is 0 Å². The third kappa shape index (κ3) is 3.65. The number of nitrogens with zero attached hydrogens (tertiary/aromatic N) is 2. The maximum absolute atomic E-state index is 11.7. The Balaban J connectivity index is 1.93. The molecule has 0 bridgehead atoms. The van der Waals surface area contributed by atoms with Crippen molar-refractivity contribution < 1.29 is 15.0 Å². The number of anilines is 1. The number of fused-ring (bicyclic) bond motifs is 1. The van der Waals surface area contributed by atoms with Crippen LogP contribution in [0.5, 0.6) is 5.75 Å². The second-order valence-electron chi connectivity index (χ2n) is 7.20. The quantitative estimate of drug-likeness (QED) is 0.379. The molecule has 1 atom stereocenters. The van der Waals surface area contributed by atoms with Crippen LogP contribution in [0.15, 0.2) is 66.9 Å². The third-order valence-electron chi connectivity index (χ3n) is 5.02. The normalized spacial score (nSPS) is 11.9. The smallest absolute Gasteiger partial charge is 0.277 e. The summed E-state index contributed by atoms with van der Waals surface area (Å²) in [5, 5.41) is 26.9. The molecule has 30 heavy (non-hydrogen) atoms. The first-order valence-corrected chi connectivity index (χ1v) is 9.51. The van der Waals surface area contributed by atoms with E-state index in [1.54, 1.807) is 30.5 Å². The average Bonchev–Trinajstić information content (AvgIpc) is 2.73. The molecular formula is C23H21N4O3+. The van der Waals surface area contributed by atoms with Gasteiger partial charge in [0.05, 0.1) is 16.7 Å².